The summed E-state index contributed by atoms with van der Waals surface area (Å²) in [6.07, 6.45) is 3.93. The van der Waals surface area contributed by atoms with E-state index in [1.165, 1.54) is 7.11 Å². The maximum Gasteiger partial charge on any atom is 0.303 e. The zero-order chi connectivity index (χ0) is 13.5. The molecule has 0 aliphatic heterocycles. The van der Waals surface area contributed by atoms with Gasteiger partial charge in [0.2, 0.25) is 5.88 Å². The molecule has 0 aromatic carbocycles. The number of hydrogen-bond donors (Lipinski definition) is 1. The molecule has 0 unspecified atom stereocenters. The summed E-state index contributed by atoms with van der Waals surface area (Å²) in [5.74, 6) is 0.376. The predicted molar refractivity (Wildman–Crippen MR) is 67.9 cm³/mol. The minimum atomic E-state index is -0.782. The van der Waals surface area contributed by atoms with Crippen molar-refractivity contribution in [3.63, 3.8) is 0 Å². The van der Waals surface area contributed by atoms with Crippen LogP contribution < -0.4 is 9.64 Å². The van der Waals surface area contributed by atoms with Crippen molar-refractivity contribution in [1.82, 2.24) is 9.97 Å². The van der Waals surface area contributed by atoms with Crippen LogP contribution in [-0.4, -0.2) is 40.7 Å². The number of rotatable bonds is 7. The molecule has 18 heavy (non-hydrogen) atoms. The minimum absolute atomic E-state index is 0.153. The summed E-state index contributed by atoms with van der Waals surface area (Å²) in [7, 11) is 1.54. The number of aliphatic carboxylic acids is 1. The van der Waals surface area contributed by atoms with E-state index in [4.69, 9.17) is 9.84 Å². The summed E-state index contributed by atoms with van der Waals surface area (Å²) >= 11 is 0. The van der Waals surface area contributed by atoms with Crippen LogP contribution in [0.4, 0.5) is 5.82 Å². The van der Waals surface area contributed by atoms with Crippen molar-refractivity contribution in [2.24, 2.45) is 0 Å². The molecule has 0 spiro atoms. The van der Waals surface area contributed by atoms with Gasteiger partial charge in [-0.05, 0) is 20.3 Å². The number of carboxylic acid groups (broad SMARTS) is 1. The summed E-state index contributed by atoms with van der Waals surface area (Å²) in [5.41, 5.74) is 0. The van der Waals surface area contributed by atoms with Crippen LogP contribution in [0.25, 0.3) is 0 Å². The van der Waals surface area contributed by atoms with Crippen molar-refractivity contribution in [2.45, 2.75) is 32.7 Å². The second kappa shape index (κ2) is 6.78. The Morgan fingerprint density at radius 2 is 2.22 bits per heavy atom. The van der Waals surface area contributed by atoms with E-state index in [0.717, 1.165) is 0 Å². The van der Waals surface area contributed by atoms with E-state index in [-0.39, 0.29) is 12.5 Å². The van der Waals surface area contributed by atoms with E-state index in [1.807, 2.05) is 18.7 Å². The number of ether oxygens (including phenoxy) is 1. The van der Waals surface area contributed by atoms with E-state index < -0.39 is 5.97 Å². The quantitative estimate of drug-likeness (QED) is 0.794. The third-order valence-electron chi connectivity index (χ3n) is 2.52. The lowest BCUT2D eigenvalue weighted by molar-refractivity contribution is -0.137. The van der Waals surface area contributed by atoms with Gasteiger partial charge in [-0.2, -0.15) is 4.98 Å². The monoisotopic (exact) mass is 253 g/mol. The molecule has 0 aliphatic rings. The summed E-state index contributed by atoms with van der Waals surface area (Å²) in [6.45, 7) is 4.69. The Balaban J connectivity index is 2.73. The molecule has 0 amide bonds. The first-order valence-corrected chi connectivity index (χ1v) is 5.89. The van der Waals surface area contributed by atoms with E-state index in [2.05, 4.69) is 9.97 Å². The number of anilines is 1. The maximum atomic E-state index is 10.5. The molecule has 1 heterocycles. The predicted octanol–water partition coefficient (Wildman–Crippen LogP) is 1.56. The Morgan fingerprint density at radius 1 is 1.50 bits per heavy atom. The zero-order valence-corrected chi connectivity index (χ0v) is 11.0. The molecule has 6 heteroatoms. The summed E-state index contributed by atoms with van der Waals surface area (Å²) in [5, 5.41) is 8.65. The zero-order valence-electron chi connectivity index (χ0n) is 11.0. The van der Waals surface area contributed by atoms with Crippen LogP contribution in [0, 0.1) is 0 Å². The Hall–Kier alpha value is -1.85. The van der Waals surface area contributed by atoms with E-state index in [0.29, 0.717) is 24.7 Å². The fourth-order valence-electron chi connectivity index (χ4n) is 1.61. The molecule has 1 N–H and O–H groups in total. The van der Waals surface area contributed by atoms with Crippen molar-refractivity contribution < 1.29 is 14.6 Å². The van der Waals surface area contributed by atoms with Crippen LogP contribution >= 0.6 is 0 Å². The van der Waals surface area contributed by atoms with Gasteiger partial charge >= 0.3 is 5.97 Å². The van der Waals surface area contributed by atoms with Crippen LogP contribution in [0.2, 0.25) is 0 Å². The van der Waals surface area contributed by atoms with Crippen molar-refractivity contribution in [1.29, 1.82) is 0 Å². The Labute approximate surface area is 107 Å². The molecule has 0 fully saturated rings. The number of aromatic nitrogens is 2. The van der Waals surface area contributed by atoms with Gasteiger partial charge < -0.3 is 14.7 Å². The number of carbonyl (C=O) groups is 1. The molecular weight excluding hydrogens is 234 g/mol. The highest BCUT2D eigenvalue weighted by Crippen LogP contribution is 2.17. The average molecular weight is 253 g/mol. The highest BCUT2D eigenvalue weighted by molar-refractivity contribution is 5.66. The fourth-order valence-corrected chi connectivity index (χ4v) is 1.61. The Bertz CT molecular complexity index is 396. The molecule has 0 atom stereocenters. The van der Waals surface area contributed by atoms with Gasteiger partial charge in [-0.3, -0.25) is 9.78 Å². The van der Waals surface area contributed by atoms with Gasteiger partial charge in [0.1, 0.15) is 0 Å². The fraction of sp³-hybridized carbons (Fsp3) is 0.583. The standard InChI is InChI=1S/C12H19N3O3/c1-9(2)15(6-4-5-12(16)17)10-7-13-8-11(14-10)18-3/h7-9H,4-6H2,1-3H3,(H,16,17). The molecule has 1 aromatic rings. The molecule has 0 aliphatic carbocycles. The second-order valence-electron chi connectivity index (χ2n) is 4.20. The van der Waals surface area contributed by atoms with Crippen LogP contribution in [0.3, 0.4) is 0 Å². The van der Waals surface area contributed by atoms with Gasteiger partial charge in [0.25, 0.3) is 0 Å². The highest BCUT2D eigenvalue weighted by Gasteiger charge is 2.13. The number of hydrogen-bond acceptors (Lipinski definition) is 5. The SMILES string of the molecule is COc1cncc(N(CCCC(=O)O)C(C)C)n1. The lowest BCUT2D eigenvalue weighted by Gasteiger charge is -2.27. The second-order valence-corrected chi connectivity index (χ2v) is 4.20. The van der Waals surface area contributed by atoms with Gasteiger partial charge in [-0.1, -0.05) is 0 Å². The highest BCUT2D eigenvalue weighted by atomic mass is 16.5. The number of carboxylic acids is 1. The van der Waals surface area contributed by atoms with Gasteiger partial charge in [-0.25, -0.2) is 0 Å². The third kappa shape index (κ3) is 4.20. The topological polar surface area (TPSA) is 75.5 Å². The van der Waals surface area contributed by atoms with Crippen molar-refractivity contribution >= 4 is 11.8 Å². The van der Waals surface area contributed by atoms with Crippen LogP contribution in [0.1, 0.15) is 26.7 Å². The van der Waals surface area contributed by atoms with Crippen molar-refractivity contribution in [3.8, 4) is 5.88 Å². The average Bonchev–Trinajstić information content (AvgIpc) is 2.34. The molecule has 0 saturated heterocycles. The van der Waals surface area contributed by atoms with Crippen LogP contribution in [0.5, 0.6) is 5.88 Å². The van der Waals surface area contributed by atoms with Gasteiger partial charge in [0, 0.05) is 19.0 Å². The summed E-state index contributed by atoms with van der Waals surface area (Å²) in [4.78, 5) is 20.9. The Kier molecular flexibility index (Phi) is 5.35. The summed E-state index contributed by atoms with van der Waals surface area (Å²) < 4.78 is 5.03. The summed E-state index contributed by atoms with van der Waals surface area (Å²) in [6, 6.07) is 0.222. The first kappa shape index (κ1) is 14.2. The smallest absolute Gasteiger partial charge is 0.303 e. The largest absolute Gasteiger partial charge is 0.481 e. The maximum absolute atomic E-state index is 10.5. The molecular formula is C12H19N3O3. The third-order valence-corrected chi connectivity index (χ3v) is 2.52. The van der Waals surface area contributed by atoms with Crippen molar-refractivity contribution in [3.05, 3.63) is 12.4 Å². The molecule has 1 rings (SSSR count). The Morgan fingerprint density at radius 3 is 2.78 bits per heavy atom. The molecule has 0 bridgehead atoms. The lowest BCUT2D eigenvalue weighted by Crippen LogP contribution is -2.32. The molecule has 1 aromatic heterocycles. The molecule has 100 valence electrons. The first-order valence-electron chi connectivity index (χ1n) is 5.89. The van der Waals surface area contributed by atoms with Gasteiger partial charge in [-0.15, -0.1) is 0 Å². The van der Waals surface area contributed by atoms with E-state index in [9.17, 15) is 4.79 Å². The molecule has 0 radical (unpaired) electrons. The van der Waals surface area contributed by atoms with Crippen LogP contribution in [0.15, 0.2) is 12.4 Å². The minimum Gasteiger partial charge on any atom is -0.481 e. The number of methoxy groups -OCH3 is 1. The molecule has 0 saturated carbocycles. The van der Waals surface area contributed by atoms with Crippen LogP contribution in [-0.2, 0) is 4.79 Å². The normalized spacial score (nSPS) is 10.4. The van der Waals surface area contributed by atoms with Gasteiger partial charge in [0.15, 0.2) is 5.82 Å². The lowest BCUT2D eigenvalue weighted by atomic mass is 10.2. The molecule has 6 nitrogen and oxygen atoms in total. The first-order chi connectivity index (χ1) is 8.54. The van der Waals surface area contributed by atoms with E-state index in [1.54, 1.807) is 12.4 Å². The van der Waals surface area contributed by atoms with Crippen molar-refractivity contribution in [2.75, 3.05) is 18.6 Å². The van der Waals surface area contributed by atoms with Gasteiger partial charge in [0.05, 0.1) is 19.5 Å². The van der Waals surface area contributed by atoms with E-state index >= 15 is 0 Å². The number of nitrogens with zero attached hydrogens (tertiary/aromatic N) is 3.